The smallest absolute Gasteiger partial charge is 0.226 e. The molecule has 108 valence electrons. The van der Waals surface area contributed by atoms with Gasteiger partial charge in [-0.3, -0.25) is 0 Å². The fourth-order valence-corrected chi connectivity index (χ4v) is 5.40. The van der Waals surface area contributed by atoms with Crippen molar-refractivity contribution in [3.8, 4) is 0 Å². The fraction of sp³-hybridized carbons (Fsp3) is 0.455. The molecule has 0 aliphatic heterocycles. The second-order valence-electron chi connectivity index (χ2n) is 4.32. The monoisotopic (exact) mass is 369 g/mol. The lowest BCUT2D eigenvalue weighted by atomic mass is 10.1. The molecule has 0 aliphatic rings. The average Bonchev–Trinajstić information content (AvgIpc) is 2.25. The molecule has 0 aliphatic carbocycles. The molecule has 1 aromatic rings. The van der Waals surface area contributed by atoms with Crippen LogP contribution in [0.2, 0.25) is 0 Å². The average molecular weight is 370 g/mol. The Hall–Kier alpha value is -0.440. The lowest BCUT2D eigenvalue weighted by Gasteiger charge is -2.16. The van der Waals surface area contributed by atoms with Crippen LogP contribution in [-0.2, 0) is 26.3 Å². The van der Waals surface area contributed by atoms with Gasteiger partial charge in [0.05, 0.1) is 0 Å². The molecule has 0 heterocycles. The highest BCUT2D eigenvalue weighted by atomic mass is 79.9. The highest BCUT2D eigenvalue weighted by Gasteiger charge is 2.22. The molecule has 1 atom stereocenters. The number of sulfonamides is 1. The Bertz CT molecular complexity index is 599. The molecule has 1 rings (SSSR count). The maximum absolute atomic E-state index is 11.7. The summed E-state index contributed by atoms with van der Waals surface area (Å²) in [5.74, 6) is 0. The van der Waals surface area contributed by atoms with Gasteiger partial charge in [-0.2, -0.15) is 0 Å². The van der Waals surface area contributed by atoms with Crippen molar-refractivity contribution in [1.82, 2.24) is 4.72 Å². The van der Waals surface area contributed by atoms with Gasteiger partial charge in [-0.25, -0.2) is 21.6 Å². The molecule has 1 aromatic carbocycles. The number of hydrogen-bond donors (Lipinski definition) is 1. The summed E-state index contributed by atoms with van der Waals surface area (Å²) >= 11 is 3.23. The second kappa shape index (κ2) is 6.83. The molecule has 5 nitrogen and oxygen atoms in total. The van der Waals surface area contributed by atoms with Gasteiger partial charge in [-0.05, 0) is 12.0 Å². The van der Waals surface area contributed by atoms with Gasteiger partial charge in [0.15, 0.2) is 14.9 Å². The van der Waals surface area contributed by atoms with Gasteiger partial charge in [-0.15, -0.1) is 0 Å². The molecule has 1 unspecified atom stereocenters. The maximum Gasteiger partial charge on any atom is 0.226 e. The van der Waals surface area contributed by atoms with E-state index in [2.05, 4.69) is 20.7 Å². The van der Waals surface area contributed by atoms with Crippen LogP contribution in [0.25, 0.3) is 0 Å². The molecule has 0 saturated heterocycles. The third-order valence-electron chi connectivity index (χ3n) is 2.23. The zero-order chi connectivity index (χ0) is 14.5. The van der Waals surface area contributed by atoms with E-state index in [0.717, 1.165) is 11.8 Å². The Morgan fingerprint density at radius 1 is 1.16 bits per heavy atom. The normalized spacial score (nSPS) is 14.2. The van der Waals surface area contributed by atoms with Crippen LogP contribution >= 0.6 is 15.9 Å². The van der Waals surface area contributed by atoms with Gasteiger partial charge < -0.3 is 0 Å². The quantitative estimate of drug-likeness (QED) is 0.724. The van der Waals surface area contributed by atoms with Crippen molar-refractivity contribution in [3.05, 3.63) is 35.9 Å². The SMILES string of the molecule is CS(=O)(=O)CS(=O)(=O)NC(CBr)Cc1ccccc1. The Morgan fingerprint density at radius 3 is 2.21 bits per heavy atom. The third kappa shape index (κ3) is 7.05. The number of halogens is 1. The minimum Gasteiger partial charge on any atom is -0.228 e. The van der Waals surface area contributed by atoms with Crippen LogP contribution in [0.1, 0.15) is 5.56 Å². The highest BCUT2D eigenvalue weighted by Crippen LogP contribution is 2.07. The summed E-state index contributed by atoms with van der Waals surface area (Å²) < 4.78 is 47.9. The first-order valence-corrected chi connectivity index (χ1v) is 10.3. The van der Waals surface area contributed by atoms with E-state index < -0.39 is 24.9 Å². The van der Waals surface area contributed by atoms with Crippen molar-refractivity contribution in [1.29, 1.82) is 0 Å². The van der Waals surface area contributed by atoms with Crippen LogP contribution in [-0.4, -0.2) is 39.5 Å². The van der Waals surface area contributed by atoms with Crippen LogP contribution in [0.3, 0.4) is 0 Å². The molecule has 0 radical (unpaired) electrons. The van der Waals surface area contributed by atoms with Crippen LogP contribution in [0.15, 0.2) is 30.3 Å². The predicted octanol–water partition coefficient (Wildman–Crippen LogP) is 0.914. The van der Waals surface area contributed by atoms with Crippen molar-refractivity contribution >= 4 is 35.8 Å². The number of rotatable bonds is 7. The lowest BCUT2D eigenvalue weighted by molar-refractivity contribution is 0.564. The van der Waals surface area contributed by atoms with Crippen molar-refractivity contribution in [2.45, 2.75) is 12.5 Å². The first-order valence-electron chi connectivity index (χ1n) is 5.49. The molecule has 19 heavy (non-hydrogen) atoms. The van der Waals surface area contributed by atoms with E-state index >= 15 is 0 Å². The first-order chi connectivity index (χ1) is 8.72. The molecule has 0 spiro atoms. The van der Waals surface area contributed by atoms with Crippen molar-refractivity contribution in [3.63, 3.8) is 0 Å². The van der Waals surface area contributed by atoms with Gasteiger partial charge >= 0.3 is 0 Å². The zero-order valence-electron chi connectivity index (χ0n) is 10.4. The number of benzene rings is 1. The van der Waals surface area contributed by atoms with Gasteiger partial charge in [0.25, 0.3) is 0 Å². The first kappa shape index (κ1) is 16.6. The number of nitrogens with one attached hydrogen (secondary N) is 1. The van der Waals surface area contributed by atoms with Crippen molar-refractivity contribution in [2.24, 2.45) is 0 Å². The minimum absolute atomic E-state index is 0.380. The van der Waals surface area contributed by atoms with E-state index in [1.165, 1.54) is 0 Å². The summed E-state index contributed by atoms with van der Waals surface area (Å²) in [5.41, 5.74) is 0.981. The number of sulfone groups is 1. The fourth-order valence-electron chi connectivity index (χ4n) is 1.60. The van der Waals surface area contributed by atoms with E-state index in [1.807, 2.05) is 30.3 Å². The number of alkyl halides is 1. The van der Waals surface area contributed by atoms with Crippen molar-refractivity contribution in [2.75, 3.05) is 16.7 Å². The van der Waals surface area contributed by atoms with Crippen LogP contribution < -0.4 is 4.72 Å². The Kier molecular flexibility index (Phi) is 5.97. The van der Waals surface area contributed by atoms with Gasteiger partial charge in [0.1, 0.15) is 0 Å². The molecule has 0 amide bonds. The van der Waals surface area contributed by atoms with Crippen LogP contribution in [0.5, 0.6) is 0 Å². The largest absolute Gasteiger partial charge is 0.228 e. The van der Waals surface area contributed by atoms with E-state index in [1.54, 1.807) is 0 Å². The highest BCUT2D eigenvalue weighted by molar-refractivity contribution is 9.09. The summed E-state index contributed by atoms with van der Waals surface area (Å²) in [6, 6.07) is 9.01. The molecule has 0 fully saturated rings. The summed E-state index contributed by atoms with van der Waals surface area (Å²) in [5, 5.41) is -0.483. The predicted molar refractivity (Wildman–Crippen MR) is 79.5 cm³/mol. The third-order valence-corrected chi connectivity index (χ3v) is 6.65. The van der Waals surface area contributed by atoms with E-state index in [4.69, 9.17) is 0 Å². The minimum atomic E-state index is -3.84. The van der Waals surface area contributed by atoms with E-state index in [0.29, 0.717) is 11.8 Å². The van der Waals surface area contributed by atoms with Crippen LogP contribution in [0, 0.1) is 0 Å². The molecular weight excluding hydrogens is 354 g/mol. The van der Waals surface area contributed by atoms with E-state index in [9.17, 15) is 16.8 Å². The lowest BCUT2D eigenvalue weighted by Crippen LogP contribution is -2.40. The van der Waals surface area contributed by atoms with Crippen molar-refractivity contribution < 1.29 is 16.8 Å². The van der Waals surface area contributed by atoms with E-state index in [-0.39, 0.29) is 6.04 Å². The van der Waals surface area contributed by atoms with Crippen LogP contribution in [0.4, 0.5) is 0 Å². The molecule has 0 aromatic heterocycles. The Balaban J connectivity index is 2.72. The van der Waals surface area contributed by atoms with Gasteiger partial charge in [0, 0.05) is 17.6 Å². The molecule has 0 bridgehead atoms. The standard InChI is InChI=1S/C11H16BrNO4S2/c1-18(14,15)9-19(16,17)13-11(8-12)7-10-5-3-2-4-6-10/h2-6,11,13H,7-9H2,1H3. The summed E-state index contributed by atoms with van der Waals surface area (Å²) in [7, 11) is -7.41. The summed E-state index contributed by atoms with van der Waals surface area (Å²) in [6.07, 6.45) is 1.39. The summed E-state index contributed by atoms with van der Waals surface area (Å²) in [6.45, 7) is 0. The topological polar surface area (TPSA) is 80.3 Å². The number of hydrogen-bond acceptors (Lipinski definition) is 4. The zero-order valence-corrected chi connectivity index (χ0v) is 13.6. The molecular formula is C11H16BrNO4S2. The molecule has 8 heteroatoms. The Labute approximate surface area is 122 Å². The maximum atomic E-state index is 11.7. The molecule has 0 saturated carbocycles. The van der Waals surface area contributed by atoms with Gasteiger partial charge in [0.2, 0.25) is 10.0 Å². The second-order valence-corrected chi connectivity index (χ2v) is 9.22. The molecule has 1 N–H and O–H groups in total. The Morgan fingerprint density at radius 2 is 1.74 bits per heavy atom. The summed E-state index contributed by atoms with van der Waals surface area (Å²) in [4.78, 5) is 0. The van der Waals surface area contributed by atoms with Gasteiger partial charge in [-0.1, -0.05) is 46.3 Å².